The van der Waals surface area contributed by atoms with Gasteiger partial charge in [0.05, 0.1) is 0 Å². The van der Waals surface area contributed by atoms with Crippen molar-refractivity contribution in [3.63, 3.8) is 0 Å². The van der Waals surface area contributed by atoms with Crippen molar-refractivity contribution in [2.75, 3.05) is 0 Å². The van der Waals surface area contributed by atoms with Gasteiger partial charge in [-0.3, -0.25) is 0 Å². The quantitative estimate of drug-likeness (QED) is 0.133. The molecule has 55 heavy (non-hydrogen) atoms. The Bertz CT molecular complexity index is 2110. The highest BCUT2D eigenvalue weighted by atomic mass is 16.1. The number of carbonyl (C=O) groups excluding carboxylic acids is 1. The molecule has 2 aliphatic carbocycles. The molecule has 0 heterocycles. The Hall–Kier alpha value is -4.49. The number of benzene rings is 5. The molecule has 0 saturated carbocycles. The summed E-state index contributed by atoms with van der Waals surface area (Å²) < 4.78 is 0. The van der Waals surface area contributed by atoms with Crippen LogP contribution in [0.5, 0.6) is 0 Å². The zero-order valence-corrected chi connectivity index (χ0v) is 36.4. The van der Waals surface area contributed by atoms with E-state index in [0.717, 1.165) is 0 Å². The number of ketones is 1. The third-order valence-corrected chi connectivity index (χ3v) is 11.4. The lowest BCUT2D eigenvalue weighted by molar-refractivity contribution is -0.115. The van der Waals surface area contributed by atoms with E-state index >= 15 is 0 Å². The van der Waals surface area contributed by atoms with E-state index in [9.17, 15) is 4.79 Å². The summed E-state index contributed by atoms with van der Waals surface area (Å²) in [6.45, 7) is 31.9. The van der Waals surface area contributed by atoms with Gasteiger partial charge in [-0.1, -0.05) is 170 Å². The molecule has 2 aliphatic rings. The van der Waals surface area contributed by atoms with Crippen molar-refractivity contribution < 1.29 is 4.79 Å². The summed E-state index contributed by atoms with van der Waals surface area (Å²) in [4.78, 5) is 9.44. The van der Waals surface area contributed by atoms with E-state index in [1.54, 1.807) is 0 Å². The van der Waals surface area contributed by atoms with Gasteiger partial charge < -0.3 is 4.79 Å². The highest BCUT2D eigenvalue weighted by Gasteiger charge is 2.38. The van der Waals surface area contributed by atoms with Crippen molar-refractivity contribution in [1.29, 1.82) is 0 Å². The van der Waals surface area contributed by atoms with Gasteiger partial charge in [0.15, 0.2) is 0 Å². The Labute approximate surface area is 335 Å². The molecule has 0 radical (unpaired) electrons. The molecule has 0 atom stereocenters. The van der Waals surface area contributed by atoms with Crippen molar-refractivity contribution in [1.82, 2.24) is 0 Å². The molecule has 0 unspecified atom stereocenters. The minimum Gasteiger partial charge on any atom is -0.300 e. The number of rotatable bonds is 3. The summed E-state index contributed by atoms with van der Waals surface area (Å²) in [7, 11) is 0. The van der Waals surface area contributed by atoms with Gasteiger partial charge in [0.1, 0.15) is 5.78 Å². The molecular formula is C54H68O. The summed E-state index contributed by atoms with van der Waals surface area (Å²) >= 11 is 0. The van der Waals surface area contributed by atoms with E-state index < -0.39 is 0 Å². The van der Waals surface area contributed by atoms with Gasteiger partial charge in [-0.15, -0.1) is 6.58 Å². The van der Waals surface area contributed by atoms with Crippen molar-refractivity contribution in [2.24, 2.45) is 0 Å². The van der Waals surface area contributed by atoms with E-state index in [1.165, 1.54) is 106 Å². The lowest BCUT2D eigenvalue weighted by atomic mass is 9.63. The van der Waals surface area contributed by atoms with Crippen LogP contribution in [0.3, 0.4) is 0 Å². The molecule has 1 heteroatoms. The fraction of sp³-hybridized carbons (Fsp3) is 0.389. The molecule has 290 valence electrons. The van der Waals surface area contributed by atoms with E-state index in [2.05, 4.69) is 184 Å². The van der Waals surface area contributed by atoms with Crippen molar-refractivity contribution in [2.45, 2.75) is 137 Å². The van der Waals surface area contributed by atoms with Gasteiger partial charge in [0.2, 0.25) is 0 Å². The Morgan fingerprint density at radius 2 is 0.891 bits per heavy atom. The Balaban J connectivity index is 0.000000205. The van der Waals surface area contributed by atoms with Crippen LogP contribution >= 0.6 is 0 Å². The Morgan fingerprint density at radius 1 is 0.491 bits per heavy atom. The highest BCUT2D eigenvalue weighted by molar-refractivity contribution is 5.87. The third kappa shape index (κ3) is 11.3. The van der Waals surface area contributed by atoms with Gasteiger partial charge in [-0.05, 0) is 149 Å². The van der Waals surface area contributed by atoms with Crippen LogP contribution in [-0.2, 0) is 26.5 Å². The minimum atomic E-state index is 0.167. The molecule has 0 saturated heterocycles. The van der Waals surface area contributed by atoms with Crippen LogP contribution in [0.4, 0.5) is 0 Å². The van der Waals surface area contributed by atoms with Gasteiger partial charge >= 0.3 is 0 Å². The number of hydrogen-bond acceptors (Lipinski definition) is 1. The first-order valence-corrected chi connectivity index (χ1v) is 20.3. The maximum absolute atomic E-state index is 9.44. The lowest BCUT2D eigenvalue weighted by Gasteiger charge is -2.42. The second-order valence-corrected chi connectivity index (χ2v) is 19.0. The standard InChI is InChI=1S/C24H26.C23H28.C4H8.C3H6O/c1-23(2)13-14-24(3,4)22-16-20(11-12-21(22)23)19-10-9-17-7-5-6-8-18(17)15-19;1-17(15-18-9-7-6-8-10-18)19-11-12-20-21(16-19)23(4,5)14-13-22(20,2)3;1-4(2)3;1-3(2)4/h5-12,15-16H,13-14H2,1-4H3;6-12,15-16H,13-14H2,1-5H3;1H2,2-3H3;1-2H3/b;17-15+;;. The first-order valence-electron chi connectivity index (χ1n) is 20.3. The lowest BCUT2D eigenvalue weighted by Crippen LogP contribution is -2.33. The van der Waals surface area contributed by atoms with Crippen LogP contribution < -0.4 is 0 Å². The van der Waals surface area contributed by atoms with E-state index in [-0.39, 0.29) is 22.0 Å². The number of carbonyl (C=O) groups is 1. The van der Waals surface area contributed by atoms with Crippen LogP contribution in [-0.4, -0.2) is 5.78 Å². The molecule has 0 aliphatic heterocycles. The molecule has 0 aromatic heterocycles. The van der Waals surface area contributed by atoms with Crippen LogP contribution in [0.25, 0.3) is 33.5 Å². The third-order valence-electron chi connectivity index (χ3n) is 11.4. The zero-order valence-electron chi connectivity index (χ0n) is 36.4. The first kappa shape index (κ1) is 43.2. The molecule has 0 fully saturated rings. The Morgan fingerprint density at radius 3 is 1.42 bits per heavy atom. The number of fused-ring (bicyclic) bond motifs is 3. The fourth-order valence-corrected chi connectivity index (χ4v) is 7.85. The van der Waals surface area contributed by atoms with Gasteiger partial charge in [-0.2, -0.15) is 0 Å². The molecule has 0 N–H and O–H groups in total. The predicted octanol–water partition coefficient (Wildman–Crippen LogP) is 15.6. The molecule has 5 aromatic rings. The summed E-state index contributed by atoms with van der Waals surface area (Å²) in [6.07, 6.45) is 7.34. The van der Waals surface area contributed by atoms with Crippen molar-refractivity contribution in [3.8, 4) is 11.1 Å². The first-order chi connectivity index (χ1) is 25.6. The van der Waals surface area contributed by atoms with E-state index in [4.69, 9.17) is 0 Å². The van der Waals surface area contributed by atoms with Crippen LogP contribution in [0.2, 0.25) is 0 Å². The predicted molar refractivity (Wildman–Crippen MR) is 243 cm³/mol. The topological polar surface area (TPSA) is 17.1 Å². The minimum absolute atomic E-state index is 0.167. The molecule has 5 aromatic carbocycles. The summed E-state index contributed by atoms with van der Waals surface area (Å²) in [6, 6.07) is 40.2. The summed E-state index contributed by atoms with van der Waals surface area (Å²) in [5.74, 6) is 0.167. The van der Waals surface area contributed by atoms with Gasteiger partial charge in [0.25, 0.3) is 0 Å². The second kappa shape index (κ2) is 17.5. The molecule has 0 amide bonds. The monoisotopic (exact) mass is 733 g/mol. The number of hydrogen-bond donors (Lipinski definition) is 0. The van der Waals surface area contributed by atoms with Gasteiger partial charge in [-0.25, -0.2) is 0 Å². The number of Topliss-reactive ketones (excluding diaryl/α,β-unsaturated/α-hetero) is 1. The molecule has 0 bridgehead atoms. The van der Waals surface area contributed by atoms with Crippen LogP contribution in [0, 0.1) is 0 Å². The van der Waals surface area contributed by atoms with E-state index in [1.807, 2.05) is 13.8 Å². The fourth-order valence-electron chi connectivity index (χ4n) is 7.85. The van der Waals surface area contributed by atoms with Crippen LogP contribution in [0.1, 0.15) is 149 Å². The molecule has 1 nitrogen and oxygen atoms in total. The normalized spacial score (nSPS) is 17.0. The highest BCUT2D eigenvalue weighted by Crippen LogP contribution is 2.48. The zero-order chi connectivity index (χ0) is 40.8. The maximum atomic E-state index is 9.44. The van der Waals surface area contributed by atoms with E-state index in [0.29, 0.717) is 5.41 Å². The van der Waals surface area contributed by atoms with Gasteiger partial charge in [0, 0.05) is 0 Å². The largest absolute Gasteiger partial charge is 0.300 e. The average molecular weight is 733 g/mol. The average Bonchev–Trinajstić information content (AvgIpc) is 3.12. The smallest absolute Gasteiger partial charge is 0.126 e. The maximum Gasteiger partial charge on any atom is 0.126 e. The summed E-state index contributed by atoms with van der Waals surface area (Å²) in [5, 5.41) is 2.62. The van der Waals surface area contributed by atoms with Crippen molar-refractivity contribution in [3.05, 3.63) is 155 Å². The SMILES string of the molecule is C/C(=C\c1ccccc1)c1ccc2c(c1)C(C)(C)CCC2(C)C.C=C(C)C.CC(C)=O.CC1(C)CCC(C)(C)c2cc(-c3ccc4ccccc4c3)ccc21. The second-order valence-electron chi connectivity index (χ2n) is 19.0. The molecular weight excluding hydrogens is 665 g/mol. The Kier molecular flexibility index (Phi) is 13.8. The van der Waals surface area contributed by atoms with Crippen LogP contribution in [0.15, 0.2) is 121 Å². The molecule has 7 rings (SSSR count). The van der Waals surface area contributed by atoms with Crippen molar-refractivity contribution >= 4 is 28.2 Å². The molecule has 0 spiro atoms. The summed E-state index contributed by atoms with van der Waals surface area (Å²) in [5.41, 5.74) is 15.0. The number of allylic oxidation sites excluding steroid dienone is 2.